The summed E-state index contributed by atoms with van der Waals surface area (Å²) in [6.45, 7) is 0.154. The van der Waals surface area contributed by atoms with Gasteiger partial charge in [0.25, 0.3) is 0 Å². The Morgan fingerprint density at radius 3 is 2.76 bits per heavy atom. The summed E-state index contributed by atoms with van der Waals surface area (Å²) in [7, 11) is 0. The molecule has 5 nitrogen and oxygen atoms in total. The zero-order valence-electron chi connectivity index (χ0n) is 8.46. The summed E-state index contributed by atoms with van der Waals surface area (Å²) in [5.41, 5.74) is -0.0490. The lowest BCUT2D eigenvalue weighted by Crippen LogP contribution is -2.03. The van der Waals surface area contributed by atoms with Gasteiger partial charge in [0, 0.05) is 4.47 Å². The van der Waals surface area contributed by atoms with E-state index in [0.717, 1.165) is 16.0 Å². The predicted octanol–water partition coefficient (Wildman–Crippen LogP) is 2.58. The second-order valence-corrected chi connectivity index (χ2v) is 4.85. The van der Waals surface area contributed by atoms with Crippen molar-refractivity contribution in [2.45, 2.75) is 6.61 Å². The average Bonchev–Trinajstić information content (AvgIpc) is 2.76. The molecule has 0 aliphatic rings. The number of benzene rings is 1. The van der Waals surface area contributed by atoms with Crippen molar-refractivity contribution in [3.63, 3.8) is 0 Å². The topological polar surface area (TPSA) is 72.3 Å². The molecule has 0 aliphatic carbocycles. The highest BCUT2D eigenvalue weighted by atomic mass is 79.9. The lowest BCUT2D eigenvalue weighted by atomic mass is 10.3. The largest absolute Gasteiger partial charge is 0.488 e. The number of carboxylic acids is 1. The SMILES string of the molecule is O=C(O)c1nnsc1COc1ccc(Br)cc1. The van der Waals surface area contributed by atoms with E-state index in [1.54, 1.807) is 12.1 Å². The molecule has 17 heavy (non-hydrogen) atoms. The first-order valence-electron chi connectivity index (χ1n) is 4.59. The minimum Gasteiger partial charge on any atom is -0.488 e. The van der Waals surface area contributed by atoms with Crippen LogP contribution in [0.2, 0.25) is 0 Å². The van der Waals surface area contributed by atoms with Crippen molar-refractivity contribution < 1.29 is 14.6 Å². The van der Waals surface area contributed by atoms with E-state index < -0.39 is 5.97 Å². The fraction of sp³-hybridized carbons (Fsp3) is 0.100. The molecule has 1 aromatic carbocycles. The summed E-state index contributed by atoms with van der Waals surface area (Å²) in [6.07, 6.45) is 0. The van der Waals surface area contributed by atoms with Gasteiger partial charge in [0.2, 0.25) is 0 Å². The molecule has 0 amide bonds. The Labute approximate surface area is 109 Å². The predicted molar refractivity (Wildman–Crippen MR) is 65.3 cm³/mol. The van der Waals surface area contributed by atoms with Gasteiger partial charge in [-0.05, 0) is 35.8 Å². The smallest absolute Gasteiger partial charge is 0.357 e. The fourth-order valence-electron chi connectivity index (χ4n) is 1.15. The first-order valence-corrected chi connectivity index (χ1v) is 6.16. The maximum absolute atomic E-state index is 10.8. The minimum absolute atomic E-state index is 0.0490. The van der Waals surface area contributed by atoms with Crippen LogP contribution in [0.1, 0.15) is 15.4 Å². The number of carbonyl (C=O) groups is 1. The molecule has 0 saturated heterocycles. The number of carboxylic acid groups (broad SMARTS) is 1. The second kappa shape index (κ2) is 5.24. The highest BCUT2D eigenvalue weighted by Gasteiger charge is 2.15. The molecule has 0 radical (unpaired) electrons. The molecule has 1 aromatic heterocycles. The second-order valence-electron chi connectivity index (χ2n) is 3.09. The van der Waals surface area contributed by atoms with Crippen molar-refractivity contribution in [3.8, 4) is 5.75 Å². The molecule has 0 atom stereocenters. The Morgan fingerprint density at radius 2 is 2.12 bits per heavy atom. The van der Waals surface area contributed by atoms with E-state index in [0.29, 0.717) is 10.6 Å². The van der Waals surface area contributed by atoms with E-state index in [1.807, 2.05) is 12.1 Å². The van der Waals surface area contributed by atoms with Crippen molar-refractivity contribution in [2.24, 2.45) is 0 Å². The van der Waals surface area contributed by atoms with Crippen molar-refractivity contribution in [3.05, 3.63) is 39.3 Å². The van der Waals surface area contributed by atoms with Crippen molar-refractivity contribution >= 4 is 33.4 Å². The molecule has 0 fully saturated rings. The quantitative estimate of drug-likeness (QED) is 0.939. The third-order valence-electron chi connectivity index (χ3n) is 1.94. The maximum Gasteiger partial charge on any atom is 0.357 e. The minimum atomic E-state index is -1.09. The molecule has 0 unspecified atom stereocenters. The summed E-state index contributed by atoms with van der Waals surface area (Å²) >= 11 is 4.34. The van der Waals surface area contributed by atoms with Gasteiger partial charge in [0.1, 0.15) is 12.4 Å². The molecule has 0 aliphatic heterocycles. The number of aromatic nitrogens is 2. The van der Waals surface area contributed by atoms with Crippen LogP contribution in [0, 0.1) is 0 Å². The van der Waals surface area contributed by atoms with Gasteiger partial charge in [-0.25, -0.2) is 4.79 Å². The number of hydrogen-bond acceptors (Lipinski definition) is 5. The molecule has 1 heterocycles. The summed E-state index contributed by atoms with van der Waals surface area (Å²) in [6, 6.07) is 7.27. The highest BCUT2D eigenvalue weighted by Crippen LogP contribution is 2.19. The highest BCUT2D eigenvalue weighted by molar-refractivity contribution is 9.10. The molecule has 2 rings (SSSR count). The lowest BCUT2D eigenvalue weighted by Gasteiger charge is -2.04. The van der Waals surface area contributed by atoms with Gasteiger partial charge in [-0.2, -0.15) is 0 Å². The molecular weight excluding hydrogens is 308 g/mol. The number of hydrogen-bond donors (Lipinski definition) is 1. The fourth-order valence-corrected chi connectivity index (χ4v) is 1.96. The van der Waals surface area contributed by atoms with Crippen molar-refractivity contribution in [1.29, 1.82) is 0 Å². The van der Waals surface area contributed by atoms with Gasteiger partial charge in [-0.15, -0.1) is 5.10 Å². The van der Waals surface area contributed by atoms with Gasteiger partial charge in [-0.1, -0.05) is 20.4 Å². The third-order valence-corrected chi connectivity index (χ3v) is 3.17. The van der Waals surface area contributed by atoms with E-state index in [9.17, 15) is 4.79 Å². The number of nitrogens with zero attached hydrogens (tertiary/aromatic N) is 2. The zero-order valence-corrected chi connectivity index (χ0v) is 10.9. The van der Waals surface area contributed by atoms with Crippen molar-refractivity contribution in [1.82, 2.24) is 9.59 Å². The van der Waals surface area contributed by atoms with Crippen LogP contribution in [0.5, 0.6) is 5.75 Å². The standard InChI is InChI=1S/C10H7BrN2O3S/c11-6-1-3-7(4-2-6)16-5-8-9(10(14)15)12-13-17-8/h1-4H,5H2,(H,14,15). The molecule has 0 spiro atoms. The van der Waals surface area contributed by atoms with Crippen LogP contribution < -0.4 is 4.74 Å². The Bertz CT molecular complexity index is 527. The van der Waals surface area contributed by atoms with Gasteiger partial charge >= 0.3 is 5.97 Å². The van der Waals surface area contributed by atoms with Crippen LogP contribution in [0.4, 0.5) is 0 Å². The van der Waals surface area contributed by atoms with E-state index in [2.05, 4.69) is 25.5 Å². The normalized spacial score (nSPS) is 10.2. The molecule has 0 bridgehead atoms. The molecular formula is C10H7BrN2O3S. The third kappa shape index (κ3) is 3.01. The van der Waals surface area contributed by atoms with Crippen molar-refractivity contribution in [2.75, 3.05) is 0 Å². The lowest BCUT2D eigenvalue weighted by molar-refractivity contribution is 0.0687. The average molecular weight is 315 g/mol. The number of aromatic carboxylic acids is 1. The van der Waals surface area contributed by atoms with Crippen LogP contribution in [-0.4, -0.2) is 20.7 Å². The summed E-state index contributed by atoms with van der Waals surface area (Å²) in [4.78, 5) is 11.3. The van der Waals surface area contributed by atoms with Gasteiger partial charge in [-0.3, -0.25) is 0 Å². The van der Waals surface area contributed by atoms with E-state index in [1.165, 1.54) is 0 Å². The Balaban J connectivity index is 2.05. The van der Waals surface area contributed by atoms with Gasteiger partial charge in [0.15, 0.2) is 5.69 Å². The Morgan fingerprint density at radius 1 is 1.41 bits per heavy atom. The van der Waals surface area contributed by atoms with Gasteiger partial charge < -0.3 is 9.84 Å². The van der Waals surface area contributed by atoms with Crippen LogP contribution in [0.15, 0.2) is 28.7 Å². The number of halogens is 1. The first kappa shape index (κ1) is 12.0. The summed E-state index contributed by atoms with van der Waals surface area (Å²) < 4.78 is 9.99. The zero-order chi connectivity index (χ0) is 12.3. The van der Waals surface area contributed by atoms with Crippen LogP contribution >= 0.6 is 27.5 Å². The first-order chi connectivity index (χ1) is 8.16. The van der Waals surface area contributed by atoms with Crippen LogP contribution in [0.3, 0.4) is 0 Å². The Hall–Kier alpha value is -1.47. The molecule has 2 aromatic rings. The summed E-state index contributed by atoms with van der Waals surface area (Å²) in [5.74, 6) is -0.425. The van der Waals surface area contributed by atoms with Crippen LogP contribution in [-0.2, 0) is 6.61 Å². The van der Waals surface area contributed by atoms with E-state index in [-0.39, 0.29) is 12.3 Å². The van der Waals surface area contributed by atoms with E-state index in [4.69, 9.17) is 9.84 Å². The maximum atomic E-state index is 10.8. The van der Waals surface area contributed by atoms with Gasteiger partial charge in [0.05, 0.1) is 4.88 Å². The van der Waals surface area contributed by atoms with E-state index >= 15 is 0 Å². The Kier molecular flexibility index (Phi) is 3.70. The number of ether oxygens (including phenoxy) is 1. The summed E-state index contributed by atoms with van der Waals surface area (Å²) in [5, 5.41) is 12.4. The molecule has 0 saturated carbocycles. The molecule has 1 N–H and O–H groups in total. The number of rotatable bonds is 4. The monoisotopic (exact) mass is 314 g/mol. The van der Waals surface area contributed by atoms with Crippen LogP contribution in [0.25, 0.3) is 0 Å². The molecule has 7 heteroatoms. The molecule has 88 valence electrons.